The summed E-state index contributed by atoms with van der Waals surface area (Å²) in [5.74, 6) is -0.836. The number of carbonyl (C=O) groups is 1. The summed E-state index contributed by atoms with van der Waals surface area (Å²) in [5.41, 5.74) is 1.17. The van der Waals surface area contributed by atoms with E-state index in [-0.39, 0.29) is 11.5 Å². The fourth-order valence-corrected chi connectivity index (χ4v) is 2.53. The third-order valence-corrected chi connectivity index (χ3v) is 3.63. The van der Waals surface area contributed by atoms with Crippen LogP contribution in [0.3, 0.4) is 0 Å². The number of benzene rings is 1. The summed E-state index contributed by atoms with van der Waals surface area (Å²) in [6.45, 7) is 0. The number of halogens is 2. The van der Waals surface area contributed by atoms with E-state index in [0.29, 0.717) is 11.1 Å². The van der Waals surface area contributed by atoms with Crippen LogP contribution in [0.1, 0.15) is 16.1 Å². The molecule has 0 spiro atoms. The van der Waals surface area contributed by atoms with Crippen molar-refractivity contribution in [3.63, 3.8) is 0 Å². The van der Waals surface area contributed by atoms with Crippen molar-refractivity contribution in [1.82, 2.24) is 4.40 Å². The minimum atomic E-state index is -0.513. The predicted molar refractivity (Wildman–Crippen MR) is 74.9 cm³/mol. The van der Waals surface area contributed by atoms with Crippen molar-refractivity contribution < 1.29 is 9.18 Å². The molecule has 0 N–H and O–H groups in total. The molecule has 3 aromatic rings. The zero-order valence-electron chi connectivity index (χ0n) is 9.81. The molecule has 0 fully saturated rings. The van der Waals surface area contributed by atoms with Gasteiger partial charge in [0.15, 0.2) is 5.82 Å². The van der Waals surface area contributed by atoms with Crippen molar-refractivity contribution in [2.75, 3.05) is 0 Å². The highest BCUT2D eigenvalue weighted by Crippen LogP contribution is 2.24. The first-order chi connectivity index (χ1) is 9.18. The Hall–Kier alpha value is -1.94. The summed E-state index contributed by atoms with van der Waals surface area (Å²) in [4.78, 5) is 12.4. The standard InChI is InChI=1S/C15H9BrFNO/c16-11-7-4-8-18-13(11)9-12(17)14(18)15(19)10-5-2-1-3-6-10/h1-9H. The molecule has 19 heavy (non-hydrogen) atoms. The van der Waals surface area contributed by atoms with Gasteiger partial charge >= 0.3 is 0 Å². The van der Waals surface area contributed by atoms with Crippen molar-refractivity contribution in [2.45, 2.75) is 0 Å². The van der Waals surface area contributed by atoms with E-state index in [0.717, 1.165) is 4.47 Å². The van der Waals surface area contributed by atoms with Gasteiger partial charge in [-0.25, -0.2) is 4.39 Å². The van der Waals surface area contributed by atoms with Crippen LogP contribution in [0.25, 0.3) is 5.52 Å². The molecular formula is C15H9BrFNO. The van der Waals surface area contributed by atoms with E-state index >= 15 is 0 Å². The largest absolute Gasteiger partial charge is 0.310 e. The molecule has 0 bridgehead atoms. The quantitative estimate of drug-likeness (QED) is 0.653. The van der Waals surface area contributed by atoms with Gasteiger partial charge in [-0.15, -0.1) is 0 Å². The van der Waals surface area contributed by atoms with Crippen LogP contribution in [0, 0.1) is 5.82 Å². The maximum Gasteiger partial charge on any atom is 0.212 e. The molecule has 0 aliphatic heterocycles. The number of pyridine rings is 1. The SMILES string of the molecule is O=C(c1ccccc1)c1c(F)cc2c(Br)cccn12. The van der Waals surface area contributed by atoms with Gasteiger partial charge in [0.05, 0.1) is 5.52 Å². The second kappa shape index (κ2) is 4.63. The third-order valence-electron chi connectivity index (χ3n) is 2.96. The average Bonchev–Trinajstić information content (AvgIpc) is 2.77. The van der Waals surface area contributed by atoms with Crippen molar-refractivity contribution in [2.24, 2.45) is 0 Å². The number of ketones is 1. The molecule has 4 heteroatoms. The lowest BCUT2D eigenvalue weighted by molar-refractivity contribution is 0.102. The molecular weight excluding hydrogens is 309 g/mol. The highest BCUT2D eigenvalue weighted by atomic mass is 79.9. The lowest BCUT2D eigenvalue weighted by Crippen LogP contribution is -2.07. The van der Waals surface area contributed by atoms with E-state index in [9.17, 15) is 9.18 Å². The van der Waals surface area contributed by atoms with Crippen LogP contribution in [0.15, 0.2) is 59.2 Å². The van der Waals surface area contributed by atoms with Gasteiger partial charge in [0, 0.05) is 22.3 Å². The van der Waals surface area contributed by atoms with Crippen LogP contribution >= 0.6 is 15.9 Å². The topological polar surface area (TPSA) is 21.5 Å². The molecule has 0 atom stereocenters. The highest BCUT2D eigenvalue weighted by Gasteiger charge is 2.19. The summed E-state index contributed by atoms with van der Waals surface area (Å²) in [7, 11) is 0. The summed E-state index contributed by atoms with van der Waals surface area (Å²) < 4.78 is 16.4. The lowest BCUT2D eigenvalue weighted by atomic mass is 10.1. The molecule has 1 aromatic carbocycles. The van der Waals surface area contributed by atoms with Gasteiger partial charge in [-0.05, 0) is 28.1 Å². The zero-order chi connectivity index (χ0) is 13.4. The van der Waals surface area contributed by atoms with Gasteiger partial charge in [0.2, 0.25) is 5.78 Å². The molecule has 0 radical (unpaired) electrons. The van der Waals surface area contributed by atoms with Gasteiger partial charge in [-0.1, -0.05) is 30.3 Å². The summed E-state index contributed by atoms with van der Waals surface area (Å²) in [5, 5.41) is 0. The summed E-state index contributed by atoms with van der Waals surface area (Å²) >= 11 is 3.35. The van der Waals surface area contributed by atoms with Crippen LogP contribution in [-0.2, 0) is 0 Å². The van der Waals surface area contributed by atoms with Crippen LogP contribution in [0.2, 0.25) is 0 Å². The van der Waals surface area contributed by atoms with E-state index in [1.165, 1.54) is 6.07 Å². The van der Waals surface area contributed by atoms with Crippen LogP contribution in [-0.4, -0.2) is 10.2 Å². The number of nitrogens with zero attached hydrogens (tertiary/aromatic N) is 1. The minimum Gasteiger partial charge on any atom is -0.310 e. The Morgan fingerprint density at radius 1 is 1.11 bits per heavy atom. The van der Waals surface area contributed by atoms with E-state index in [1.54, 1.807) is 40.9 Å². The van der Waals surface area contributed by atoms with E-state index < -0.39 is 5.82 Å². The molecule has 0 saturated heterocycles. The van der Waals surface area contributed by atoms with Crippen LogP contribution in [0.4, 0.5) is 4.39 Å². The number of aromatic nitrogens is 1. The molecule has 0 saturated carbocycles. The molecule has 0 aliphatic carbocycles. The molecule has 2 heterocycles. The Morgan fingerprint density at radius 2 is 1.84 bits per heavy atom. The first kappa shape index (κ1) is 12.1. The minimum absolute atomic E-state index is 0.0579. The Labute approximate surface area is 117 Å². The van der Waals surface area contributed by atoms with E-state index in [2.05, 4.69) is 15.9 Å². The van der Waals surface area contributed by atoms with E-state index in [1.807, 2.05) is 12.1 Å². The van der Waals surface area contributed by atoms with Crippen molar-refractivity contribution in [3.05, 3.63) is 76.3 Å². The van der Waals surface area contributed by atoms with Crippen molar-refractivity contribution >= 4 is 27.2 Å². The molecule has 2 aromatic heterocycles. The normalized spacial score (nSPS) is 10.8. The van der Waals surface area contributed by atoms with E-state index in [4.69, 9.17) is 0 Å². The lowest BCUT2D eigenvalue weighted by Gasteiger charge is -2.03. The van der Waals surface area contributed by atoms with Gasteiger partial charge < -0.3 is 4.40 Å². The highest BCUT2D eigenvalue weighted by molar-refractivity contribution is 9.10. The Balaban J connectivity index is 2.24. The van der Waals surface area contributed by atoms with Gasteiger partial charge in [-0.2, -0.15) is 0 Å². The van der Waals surface area contributed by atoms with Gasteiger partial charge in [0.1, 0.15) is 5.69 Å². The van der Waals surface area contributed by atoms with Gasteiger partial charge in [-0.3, -0.25) is 4.79 Å². The fourth-order valence-electron chi connectivity index (χ4n) is 2.08. The number of rotatable bonds is 2. The maximum absolute atomic E-state index is 14.1. The monoisotopic (exact) mass is 317 g/mol. The van der Waals surface area contributed by atoms with Crippen molar-refractivity contribution in [3.8, 4) is 0 Å². The van der Waals surface area contributed by atoms with Crippen LogP contribution in [0.5, 0.6) is 0 Å². The summed E-state index contributed by atoms with van der Waals surface area (Å²) in [6.07, 6.45) is 1.68. The Morgan fingerprint density at radius 3 is 2.58 bits per heavy atom. The molecule has 0 amide bonds. The zero-order valence-corrected chi connectivity index (χ0v) is 11.4. The summed E-state index contributed by atoms with van der Waals surface area (Å²) in [6, 6.07) is 13.6. The number of hydrogen-bond acceptors (Lipinski definition) is 1. The Bertz CT molecular complexity index is 764. The first-order valence-electron chi connectivity index (χ1n) is 5.73. The predicted octanol–water partition coefficient (Wildman–Crippen LogP) is 4.07. The average molecular weight is 318 g/mol. The van der Waals surface area contributed by atoms with Crippen LogP contribution < -0.4 is 0 Å². The number of fused-ring (bicyclic) bond motifs is 1. The molecule has 2 nitrogen and oxygen atoms in total. The second-order valence-electron chi connectivity index (χ2n) is 4.15. The third kappa shape index (κ3) is 1.98. The molecule has 0 unspecified atom stereocenters. The maximum atomic E-state index is 14.1. The molecule has 3 rings (SSSR count). The molecule has 94 valence electrons. The second-order valence-corrected chi connectivity index (χ2v) is 5.00. The van der Waals surface area contributed by atoms with Crippen molar-refractivity contribution in [1.29, 1.82) is 0 Å². The number of carbonyl (C=O) groups excluding carboxylic acids is 1. The Kier molecular flexibility index (Phi) is 2.95. The van der Waals surface area contributed by atoms with Gasteiger partial charge in [0.25, 0.3) is 0 Å². The first-order valence-corrected chi connectivity index (χ1v) is 6.52. The fraction of sp³-hybridized carbons (Fsp3) is 0. The molecule has 0 aliphatic rings. The number of hydrogen-bond donors (Lipinski definition) is 0. The smallest absolute Gasteiger partial charge is 0.212 e.